The first-order valence-electron chi connectivity index (χ1n) is 14.1. The van der Waals surface area contributed by atoms with Gasteiger partial charge < -0.3 is 14.2 Å². The second-order valence-electron chi connectivity index (χ2n) is 9.82. The summed E-state index contributed by atoms with van der Waals surface area (Å²) >= 11 is 0. The molecule has 1 aliphatic rings. The number of carbonyl (C=O) groups excluding carboxylic acids is 3. The van der Waals surface area contributed by atoms with Crippen molar-refractivity contribution in [2.75, 3.05) is 33.0 Å². The van der Waals surface area contributed by atoms with E-state index in [1.807, 2.05) is 66.9 Å². The molecule has 0 spiro atoms. The minimum absolute atomic E-state index is 0.0215. The number of carbonyl (C=O) groups is 3. The van der Waals surface area contributed by atoms with Crippen molar-refractivity contribution in [3.05, 3.63) is 83.1 Å². The summed E-state index contributed by atoms with van der Waals surface area (Å²) in [6, 6.07) is 19.1. The lowest BCUT2D eigenvalue weighted by Gasteiger charge is -2.27. The van der Waals surface area contributed by atoms with E-state index in [1.54, 1.807) is 17.7 Å². The molecule has 0 fully saturated rings. The van der Waals surface area contributed by atoms with Crippen LogP contribution in [0.3, 0.4) is 0 Å². The largest absolute Gasteiger partial charge is 0.494 e. The normalized spacial score (nSPS) is 14.3. The molecule has 43 heavy (non-hydrogen) atoms. The lowest BCUT2D eigenvalue weighted by atomic mass is 9.93. The molecule has 2 aromatic carbocycles. The Kier molecular flexibility index (Phi) is 10.6. The van der Waals surface area contributed by atoms with Crippen molar-refractivity contribution >= 4 is 23.9 Å². The van der Waals surface area contributed by atoms with E-state index < -0.39 is 17.8 Å². The number of benzene rings is 2. The molecular weight excluding hydrogens is 548 g/mol. The Morgan fingerprint density at radius 1 is 1.00 bits per heavy atom. The van der Waals surface area contributed by atoms with Gasteiger partial charge >= 0.3 is 5.97 Å². The molecular formula is C33H34N4O6. The van der Waals surface area contributed by atoms with Crippen LogP contribution < -0.4 is 4.74 Å². The Morgan fingerprint density at radius 3 is 2.42 bits per heavy atom. The van der Waals surface area contributed by atoms with Gasteiger partial charge in [-0.05, 0) is 61.4 Å². The number of nitrogens with zero attached hydrogens (tertiary/aromatic N) is 4. The second kappa shape index (κ2) is 14.8. The van der Waals surface area contributed by atoms with Gasteiger partial charge in [0.05, 0.1) is 37.7 Å². The second-order valence-corrected chi connectivity index (χ2v) is 9.82. The van der Waals surface area contributed by atoms with Crippen LogP contribution in [-0.2, 0) is 23.9 Å². The van der Waals surface area contributed by atoms with Gasteiger partial charge in [-0.15, -0.1) is 0 Å². The van der Waals surface area contributed by atoms with Crippen LogP contribution in [0, 0.1) is 11.3 Å². The fourth-order valence-electron chi connectivity index (χ4n) is 4.46. The topological polar surface area (TPSA) is 124 Å². The van der Waals surface area contributed by atoms with Gasteiger partial charge in [0, 0.05) is 29.8 Å². The quantitative estimate of drug-likeness (QED) is 0.121. The van der Waals surface area contributed by atoms with Crippen LogP contribution in [-0.4, -0.2) is 65.4 Å². The van der Waals surface area contributed by atoms with Crippen molar-refractivity contribution in [2.24, 2.45) is 0 Å². The van der Waals surface area contributed by atoms with E-state index in [0.29, 0.717) is 23.4 Å². The molecule has 1 aromatic heterocycles. The van der Waals surface area contributed by atoms with Gasteiger partial charge in [0.1, 0.15) is 24.0 Å². The summed E-state index contributed by atoms with van der Waals surface area (Å²) in [5, 5.41) is 14.6. The minimum atomic E-state index is -0.676. The number of hydrogen-bond donors (Lipinski definition) is 0. The molecule has 0 saturated heterocycles. The van der Waals surface area contributed by atoms with E-state index in [2.05, 4.69) is 6.92 Å². The Bertz CT molecular complexity index is 1560. The number of amides is 2. The Hall–Kier alpha value is -5.01. The molecule has 0 aliphatic carbocycles. The van der Waals surface area contributed by atoms with Crippen LogP contribution in [0.1, 0.15) is 39.2 Å². The number of rotatable bonds is 13. The minimum Gasteiger partial charge on any atom is -0.494 e. The van der Waals surface area contributed by atoms with Crippen molar-refractivity contribution < 1.29 is 28.6 Å². The highest BCUT2D eigenvalue weighted by atomic mass is 16.6. The van der Waals surface area contributed by atoms with Gasteiger partial charge in [-0.1, -0.05) is 31.5 Å². The Labute approximate surface area is 250 Å². The van der Waals surface area contributed by atoms with Gasteiger partial charge in [-0.2, -0.15) is 10.4 Å². The van der Waals surface area contributed by atoms with Crippen LogP contribution in [0.4, 0.5) is 0 Å². The molecule has 0 N–H and O–H groups in total. The number of nitriles is 1. The maximum Gasteiger partial charge on any atom is 0.302 e. The SMILES string of the molecule is CCCCOc1ccc(-c2nn(-c3ccccc3)cc2/C=C2/C(=O)N(CCOCCOC(C)=O)C(=O)C(C#N)=C2C)cc1. The Balaban J connectivity index is 1.68. The third-order valence-corrected chi connectivity index (χ3v) is 6.78. The monoisotopic (exact) mass is 582 g/mol. The summed E-state index contributed by atoms with van der Waals surface area (Å²) in [5.41, 5.74) is 3.28. The number of aromatic nitrogens is 2. The van der Waals surface area contributed by atoms with E-state index in [-0.39, 0.29) is 37.5 Å². The van der Waals surface area contributed by atoms with Crippen LogP contribution in [0.5, 0.6) is 5.75 Å². The first-order chi connectivity index (χ1) is 20.8. The first kappa shape index (κ1) is 30.9. The molecule has 222 valence electrons. The lowest BCUT2D eigenvalue weighted by Crippen LogP contribution is -2.44. The van der Waals surface area contributed by atoms with E-state index in [1.165, 1.54) is 6.92 Å². The highest BCUT2D eigenvalue weighted by Crippen LogP contribution is 2.31. The van der Waals surface area contributed by atoms with Crippen molar-refractivity contribution in [1.29, 1.82) is 5.26 Å². The Morgan fingerprint density at radius 2 is 1.74 bits per heavy atom. The maximum atomic E-state index is 13.6. The first-order valence-corrected chi connectivity index (χ1v) is 14.1. The average Bonchev–Trinajstić information content (AvgIpc) is 3.43. The maximum absolute atomic E-state index is 13.6. The highest BCUT2D eigenvalue weighted by Gasteiger charge is 2.35. The van der Waals surface area contributed by atoms with Crippen molar-refractivity contribution in [3.63, 3.8) is 0 Å². The van der Waals surface area contributed by atoms with Crippen molar-refractivity contribution in [3.8, 4) is 28.8 Å². The van der Waals surface area contributed by atoms with E-state index >= 15 is 0 Å². The van der Waals surface area contributed by atoms with Gasteiger partial charge in [0.2, 0.25) is 0 Å². The summed E-state index contributed by atoms with van der Waals surface area (Å²) in [7, 11) is 0. The smallest absolute Gasteiger partial charge is 0.302 e. The molecule has 0 bridgehead atoms. The van der Waals surface area contributed by atoms with Gasteiger partial charge in [-0.3, -0.25) is 19.3 Å². The number of para-hydroxylation sites is 1. The van der Waals surface area contributed by atoms with Crippen LogP contribution >= 0.6 is 0 Å². The molecule has 3 aromatic rings. The van der Waals surface area contributed by atoms with Gasteiger partial charge in [-0.25, -0.2) is 4.68 Å². The highest BCUT2D eigenvalue weighted by molar-refractivity contribution is 6.19. The van der Waals surface area contributed by atoms with Crippen LogP contribution in [0.15, 0.2) is 77.5 Å². The average molecular weight is 583 g/mol. The molecule has 0 saturated carbocycles. The summed E-state index contributed by atoms with van der Waals surface area (Å²) in [6.45, 7) is 5.76. The zero-order valence-electron chi connectivity index (χ0n) is 24.5. The number of hydrogen-bond acceptors (Lipinski definition) is 8. The van der Waals surface area contributed by atoms with Gasteiger partial charge in [0.25, 0.3) is 11.8 Å². The summed E-state index contributed by atoms with van der Waals surface area (Å²) < 4.78 is 17.8. The summed E-state index contributed by atoms with van der Waals surface area (Å²) in [5.74, 6) is -0.887. The number of unbranched alkanes of at least 4 members (excludes halogenated alkanes) is 1. The molecule has 1 aliphatic heterocycles. The molecule has 10 nitrogen and oxygen atoms in total. The molecule has 2 amide bonds. The zero-order chi connectivity index (χ0) is 30.8. The van der Waals surface area contributed by atoms with Crippen molar-refractivity contribution in [1.82, 2.24) is 14.7 Å². The fraction of sp³-hybridized carbons (Fsp3) is 0.303. The third-order valence-electron chi connectivity index (χ3n) is 6.78. The van der Waals surface area contributed by atoms with Crippen molar-refractivity contribution in [2.45, 2.75) is 33.6 Å². The molecule has 4 rings (SSSR count). The number of imide groups is 1. The number of esters is 1. The zero-order valence-corrected chi connectivity index (χ0v) is 24.5. The third kappa shape index (κ3) is 7.64. The van der Waals surface area contributed by atoms with E-state index in [4.69, 9.17) is 19.3 Å². The molecule has 10 heteroatoms. The molecule has 0 unspecified atom stereocenters. The summed E-state index contributed by atoms with van der Waals surface area (Å²) in [4.78, 5) is 38.6. The fourth-order valence-corrected chi connectivity index (χ4v) is 4.46. The predicted octanol–water partition coefficient (Wildman–Crippen LogP) is 4.89. The number of ether oxygens (including phenoxy) is 3. The molecule has 0 radical (unpaired) electrons. The van der Waals surface area contributed by atoms with Gasteiger partial charge in [0.15, 0.2) is 0 Å². The lowest BCUT2D eigenvalue weighted by molar-refractivity contribution is -0.142. The summed E-state index contributed by atoms with van der Waals surface area (Å²) in [6.07, 6.45) is 5.49. The standard InChI is InChI=1S/C33H34N4O6/c1-4-5-16-43-28-13-11-25(12-14-28)31-26(22-37(35-31)27-9-7-6-8-10-27)20-29-23(2)30(21-34)33(40)36(32(29)39)15-17-41-18-19-42-24(3)38/h6-14,20,22H,4-5,15-19H2,1-3H3/b29-20+. The van der Waals surface area contributed by atoms with Crippen LogP contribution in [0.2, 0.25) is 0 Å². The van der Waals surface area contributed by atoms with E-state index in [9.17, 15) is 19.6 Å². The molecule has 0 atom stereocenters. The molecule has 2 heterocycles. The van der Waals surface area contributed by atoms with E-state index in [0.717, 1.165) is 34.7 Å². The predicted molar refractivity (Wildman–Crippen MR) is 160 cm³/mol. The van der Waals surface area contributed by atoms with Crippen LogP contribution in [0.25, 0.3) is 23.0 Å².